The van der Waals surface area contributed by atoms with E-state index >= 15 is 0 Å². The van der Waals surface area contributed by atoms with E-state index in [1.54, 1.807) is 31.2 Å². The first-order chi connectivity index (χ1) is 13.8. The maximum Gasteiger partial charge on any atom is 0.269 e. The third-order valence-electron chi connectivity index (χ3n) is 5.16. The summed E-state index contributed by atoms with van der Waals surface area (Å²) in [4.78, 5) is 14.0. The molecule has 0 saturated carbocycles. The zero-order valence-corrected chi connectivity index (χ0v) is 18.3. The summed E-state index contributed by atoms with van der Waals surface area (Å²) in [7, 11) is 1.73. The first-order valence-electron chi connectivity index (χ1n) is 9.81. The van der Waals surface area contributed by atoms with Crippen LogP contribution in [0.2, 0.25) is 0 Å². The van der Waals surface area contributed by atoms with Crippen LogP contribution in [0.4, 0.5) is 11.4 Å². The lowest BCUT2D eigenvalue weighted by molar-refractivity contribution is -0.384. The number of hydrogen-bond donors (Lipinski definition) is 0. The third-order valence-corrected chi connectivity index (χ3v) is 6.35. The number of nitro benzene ring substituents is 1. The number of nitro groups is 1. The normalized spacial score (nSPS) is 18.1. The lowest BCUT2D eigenvalue weighted by atomic mass is 9.87. The molecule has 1 heterocycles. The van der Waals surface area contributed by atoms with E-state index in [0.717, 1.165) is 25.3 Å². The van der Waals surface area contributed by atoms with Gasteiger partial charge >= 0.3 is 0 Å². The smallest absolute Gasteiger partial charge is 0.269 e. The Morgan fingerprint density at radius 1 is 1.10 bits per heavy atom. The van der Waals surface area contributed by atoms with E-state index in [9.17, 15) is 10.1 Å². The van der Waals surface area contributed by atoms with Gasteiger partial charge in [0, 0.05) is 49.5 Å². The average Bonchev–Trinajstić information content (AvgIpc) is 2.69. The van der Waals surface area contributed by atoms with E-state index in [-0.39, 0.29) is 22.1 Å². The van der Waals surface area contributed by atoms with Crippen LogP contribution in [-0.2, 0) is 10.2 Å². The lowest BCUT2D eigenvalue weighted by Crippen LogP contribution is -2.52. The maximum absolute atomic E-state index is 10.9. The van der Waals surface area contributed by atoms with Gasteiger partial charge in [-0.3, -0.25) is 10.1 Å². The summed E-state index contributed by atoms with van der Waals surface area (Å²) < 4.78 is 7.86. The monoisotopic (exact) mass is 415 g/mol. The molecule has 0 bridgehead atoms. The number of ether oxygens (including phenoxy) is 1. The van der Waals surface area contributed by atoms with Crippen LogP contribution >= 0.6 is 11.9 Å². The van der Waals surface area contributed by atoms with Crippen molar-refractivity contribution in [3.63, 3.8) is 0 Å². The number of hydrogen-bond acceptors (Lipinski definition) is 6. The fourth-order valence-electron chi connectivity index (χ4n) is 3.46. The average molecular weight is 416 g/mol. The predicted molar refractivity (Wildman–Crippen MR) is 119 cm³/mol. The molecule has 7 heteroatoms. The highest BCUT2D eigenvalue weighted by Crippen LogP contribution is 2.31. The van der Waals surface area contributed by atoms with Gasteiger partial charge in [-0.2, -0.15) is 0 Å². The first-order valence-corrected chi connectivity index (χ1v) is 10.6. The van der Waals surface area contributed by atoms with Crippen LogP contribution in [0.1, 0.15) is 26.3 Å². The molecule has 156 valence electrons. The maximum atomic E-state index is 10.9. The van der Waals surface area contributed by atoms with Crippen LogP contribution < -0.4 is 4.90 Å². The zero-order chi connectivity index (χ0) is 21.0. The molecule has 0 amide bonds. The minimum absolute atomic E-state index is 0.120. The standard InChI is InChI=1S/C22H29N3O3S/c1-22(2,3)17-5-11-21(12-6-17)29-24-14-13-23(15-20(24)16-28-4)18-7-9-19(10-8-18)25(26)27/h5-12,20H,13-16H2,1-4H3. The molecule has 0 radical (unpaired) electrons. The second-order valence-electron chi connectivity index (χ2n) is 8.34. The molecule has 29 heavy (non-hydrogen) atoms. The van der Waals surface area contributed by atoms with Gasteiger partial charge in [0.25, 0.3) is 5.69 Å². The second-order valence-corrected chi connectivity index (χ2v) is 9.46. The van der Waals surface area contributed by atoms with Gasteiger partial charge in [0.05, 0.1) is 17.6 Å². The van der Waals surface area contributed by atoms with Crippen molar-refractivity contribution in [3.8, 4) is 0 Å². The van der Waals surface area contributed by atoms with Crippen molar-refractivity contribution in [3.05, 3.63) is 64.2 Å². The van der Waals surface area contributed by atoms with Gasteiger partial charge in [-0.05, 0) is 47.2 Å². The Balaban J connectivity index is 1.68. The molecular formula is C22H29N3O3S. The number of rotatable bonds is 6. The van der Waals surface area contributed by atoms with Crippen molar-refractivity contribution in [2.45, 2.75) is 37.1 Å². The summed E-state index contributed by atoms with van der Waals surface area (Å²) in [6.07, 6.45) is 0. The molecule has 0 N–H and O–H groups in total. The van der Waals surface area contributed by atoms with E-state index in [1.807, 2.05) is 12.1 Å². The highest BCUT2D eigenvalue weighted by atomic mass is 32.2. The highest BCUT2D eigenvalue weighted by Gasteiger charge is 2.28. The fraction of sp³-hybridized carbons (Fsp3) is 0.455. The highest BCUT2D eigenvalue weighted by molar-refractivity contribution is 7.97. The summed E-state index contributed by atoms with van der Waals surface area (Å²) in [5.74, 6) is 0. The van der Waals surface area contributed by atoms with E-state index in [4.69, 9.17) is 4.74 Å². The number of piperazine rings is 1. The van der Waals surface area contributed by atoms with Crippen LogP contribution in [0.3, 0.4) is 0 Å². The summed E-state index contributed by atoms with van der Waals surface area (Å²) in [6.45, 7) is 9.88. The lowest BCUT2D eigenvalue weighted by Gasteiger charge is -2.41. The van der Waals surface area contributed by atoms with Crippen LogP contribution in [0.25, 0.3) is 0 Å². The van der Waals surface area contributed by atoms with Crippen LogP contribution in [0.15, 0.2) is 53.4 Å². The summed E-state index contributed by atoms with van der Waals surface area (Å²) in [5, 5.41) is 10.9. The number of non-ortho nitro benzene ring substituents is 1. The molecule has 0 spiro atoms. The van der Waals surface area contributed by atoms with Gasteiger partial charge in [-0.1, -0.05) is 32.9 Å². The molecule has 1 fully saturated rings. The fourth-order valence-corrected chi connectivity index (χ4v) is 4.44. The Labute approximate surface area is 177 Å². The Hall–Kier alpha value is -2.09. The quantitative estimate of drug-likeness (QED) is 0.386. The molecule has 2 aromatic carbocycles. The molecule has 0 aromatic heterocycles. The summed E-state index contributed by atoms with van der Waals surface area (Å²) in [6, 6.07) is 15.8. The van der Waals surface area contributed by atoms with Gasteiger partial charge in [-0.25, -0.2) is 4.31 Å². The number of anilines is 1. The SMILES string of the molecule is COCC1CN(c2ccc([N+](=O)[O-])cc2)CCN1Sc1ccc(C(C)(C)C)cc1. The van der Waals surface area contributed by atoms with Gasteiger partial charge < -0.3 is 9.64 Å². The van der Waals surface area contributed by atoms with Crippen molar-refractivity contribution < 1.29 is 9.66 Å². The van der Waals surface area contributed by atoms with Crippen molar-refractivity contribution >= 4 is 23.3 Å². The molecule has 1 atom stereocenters. The molecule has 1 saturated heterocycles. The number of methoxy groups -OCH3 is 1. The number of benzene rings is 2. The van der Waals surface area contributed by atoms with Crippen molar-refractivity contribution in [1.29, 1.82) is 0 Å². The minimum atomic E-state index is -0.364. The van der Waals surface area contributed by atoms with Gasteiger partial charge in [0.15, 0.2) is 0 Å². The van der Waals surface area contributed by atoms with Crippen molar-refractivity contribution in [1.82, 2.24) is 4.31 Å². The van der Waals surface area contributed by atoms with Crippen LogP contribution in [0.5, 0.6) is 0 Å². The molecular weight excluding hydrogens is 386 g/mol. The van der Waals surface area contributed by atoms with E-state index < -0.39 is 0 Å². The molecule has 1 unspecified atom stereocenters. The van der Waals surface area contributed by atoms with Gasteiger partial charge in [0.1, 0.15) is 0 Å². The molecule has 2 aromatic rings. The number of nitrogens with zero attached hydrogens (tertiary/aromatic N) is 3. The molecule has 6 nitrogen and oxygen atoms in total. The predicted octanol–water partition coefficient (Wildman–Crippen LogP) is 4.74. The second kappa shape index (κ2) is 9.15. The largest absolute Gasteiger partial charge is 0.383 e. The van der Waals surface area contributed by atoms with Gasteiger partial charge in [-0.15, -0.1) is 0 Å². The zero-order valence-electron chi connectivity index (χ0n) is 17.5. The van der Waals surface area contributed by atoms with E-state index in [0.29, 0.717) is 6.61 Å². The summed E-state index contributed by atoms with van der Waals surface area (Å²) in [5.41, 5.74) is 2.61. The third kappa shape index (κ3) is 5.50. The van der Waals surface area contributed by atoms with E-state index in [2.05, 4.69) is 54.2 Å². The van der Waals surface area contributed by atoms with Crippen LogP contribution in [0, 0.1) is 10.1 Å². The summed E-state index contributed by atoms with van der Waals surface area (Å²) >= 11 is 1.77. The molecule has 3 rings (SSSR count). The Morgan fingerprint density at radius 2 is 1.76 bits per heavy atom. The topological polar surface area (TPSA) is 58.9 Å². The van der Waals surface area contributed by atoms with Crippen LogP contribution in [-0.4, -0.2) is 48.6 Å². The first kappa shape index (κ1) is 21.6. The Morgan fingerprint density at radius 3 is 2.31 bits per heavy atom. The van der Waals surface area contributed by atoms with Crippen molar-refractivity contribution in [2.24, 2.45) is 0 Å². The van der Waals surface area contributed by atoms with Crippen molar-refractivity contribution in [2.75, 3.05) is 38.3 Å². The minimum Gasteiger partial charge on any atom is -0.383 e. The van der Waals surface area contributed by atoms with E-state index in [1.165, 1.54) is 10.5 Å². The molecule has 1 aliphatic rings. The Bertz CT molecular complexity index is 819. The molecule has 0 aliphatic carbocycles. The molecule has 1 aliphatic heterocycles. The van der Waals surface area contributed by atoms with Gasteiger partial charge in [0.2, 0.25) is 0 Å². The Kier molecular flexibility index (Phi) is 6.82.